The van der Waals surface area contributed by atoms with Gasteiger partial charge in [0.15, 0.2) is 0 Å². The molecule has 0 bridgehead atoms. The number of nitrogens with zero attached hydrogens (tertiary/aromatic N) is 1. The fourth-order valence-corrected chi connectivity index (χ4v) is 2.67. The molecule has 1 aromatic carbocycles. The molecule has 0 atom stereocenters. The van der Waals surface area contributed by atoms with Gasteiger partial charge in [-0.1, -0.05) is 6.92 Å². The summed E-state index contributed by atoms with van der Waals surface area (Å²) >= 11 is 0. The van der Waals surface area contributed by atoms with Crippen LogP contribution in [-0.2, 0) is 19.6 Å². The van der Waals surface area contributed by atoms with Gasteiger partial charge in [-0.15, -0.1) is 0 Å². The zero-order chi connectivity index (χ0) is 15.9. The van der Waals surface area contributed by atoms with Crippen LogP contribution in [0.1, 0.15) is 20.3 Å². The first kappa shape index (κ1) is 17.3. The highest BCUT2D eigenvalue weighted by Gasteiger charge is 2.23. The Hall–Kier alpha value is -1.76. The molecule has 0 saturated heterocycles. The molecular weight excluding hydrogens is 294 g/mol. The van der Waals surface area contributed by atoms with Crippen molar-refractivity contribution in [2.75, 3.05) is 30.3 Å². The second kappa shape index (κ2) is 7.87. The summed E-state index contributed by atoms with van der Waals surface area (Å²) in [5.74, 6) is -0.0520. The molecule has 0 aliphatic carbocycles. The van der Waals surface area contributed by atoms with Crippen molar-refractivity contribution in [1.82, 2.24) is 0 Å². The highest BCUT2D eigenvalue weighted by Crippen LogP contribution is 2.22. The van der Waals surface area contributed by atoms with Crippen LogP contribution in [0.2, 0.25) is 0 Å². The van der Waals surface area contributed by atoms with E-state index in [2.05, 4.69) is 4.74 Å². The van der Waals surface area contributed by atoms with E-state index in [-0.39, 0.29) is 12.3 Å². The van der Waals surface area contributed by atoms with Crippen molar-refractivity contribution in [3.63, 3.8) is 0 Å². The fourth-order valence-electron chi connectivity index (χ4n) is 1.62. The van der Waals surface area contributed by atoms with Gasteiger partial charge in [0.05, 0.1) is 25.2 Å². The number of ether oxygens (including phenoxy) is 2. The predicted molar refractivity (Wildman–Crippen MR) is 81.1 cm³/mol. The van der Waals surface area contributed by atoms with Crippen molar-refractivity contribution in [3.05, 3.63) is 24.3 Å². The molecule has 6 nitrogen and oxygen atoms in total. The molecule has 0 saturated carbocycles. The standard InChI is InChI=1S/C14H21NO5S/c1-4-10-20-13-8-6-12(7-9-13)15(11-14(16)19-3)21(17,18)5-2/h6-9H,4-5,10-11H2,1-3H3. The van der Waals surface area contributed by atoms with E-state index in [0.29, 0.717) is 18.0 Å². The van der Waals surface area contributed by atoms with Crippen LogP contribution in [-0.4, -0.2) is 40.4 Å². The molecule has 21 heavy (non-hydrogen) atoms. The highest BCUT2D eigenvalue weighted by atomic mass is 32.2. The first-order valence-electron chi connectivity index (χ1n) is 6.74. The molecule has 0 heterocycles. The second-order valence-electron chi connectivity index (χ2n) is 4.33. The molecular formula is C14H21NO5S. The monoisotopic (exact) mass is 315 g/mol. The molecule has 118 valence electrons. The Morgan fingerprint density at radius 2 is 1.81 bits per heavy atom. The largest absolute Gasteiger partial charge is 0.494 e. The maximum Gasteiger partial charge on any atom is 0.326 e. The molecule has 1 rings (SSSR count). The van der Waals surface area contributed by atoms with Crippen molar-refractivity contribution < 1.29 is 22.7 Å². The van der Waals surface area contributed by atoms with Gasteiger partial charge in [0, 0.05) is 0 Å². The molecule has 1 aromatic rings. The number of hydrogen-bond donors (Lipinski definition) is 0. The molecule has 0 N–H and O–H groups in total. The van der Waals surface area contributed by atoms with Crippen LogP contribution in [0.3, 0.4) is 0 Å². The van der Waals surface area contributed by atoms with Crippen LogP contribution in [0.4, 0.5) is 5.69 Å². The summed E-state index contributed by atoms with van der Waals surface area (Å²) in [6.07, 6.45) is 0.889. The average molecular weight is 315 g/mol. The molecule has 0 amide bonds. The van der Waals surface area contributed by atoms with E-state index in [4.69, 9.17) is 4.74 Å². The van der Waals surface area contributed by atoms with Crippen molar-refractivity contribution in [2.24, 2.45) is 0 Å². The van der Waals surface area contributed by atoms with Crippen molar-refractivity contribution in [3.8, 4) is 5.75 Å². The number of hydrogen-bond acceptors (Lipinski definition) is 5. The van der Waals surface area contributed by atoms with Gasteiger partial charge in [-0.25, -0.2) is 8.42 Å². The van der Waals surface area contributed by atoms with Crippen LogP contribution < -0.4 is 9.04 Å². The number of anilines is 1. The maximum atomic E-state index is 12.1. The summed E-state index contributed by atoms with van der Waals surface area (Å²) in [7, 11) is -2.33. The van der Waals surface area contributed by atoms with E-state index in [0.717, 1.165) is 10.7 Å². The minimum Gasteiger partial charge on any atom is -0.494 e. The Morgan fingerprint density at radius 1 is 1.19 bits per heavy atom. The number of carbonyl (C=O) groups is 1. The van der Waals surface area contributed by atoms with Gasteiger partial charge in [0.1, 0.15) is 12.3 Å². The number of methoxy groups -OCH3 is 1. The van der Waals surface area contributed by atoms with Crippen LogP contribution in [0, 0.1) is 0 Å². The fraction of sp³-hybridized carbons (Fsp3) is 0.500. The summed E-state index contributed by atoms with van der Waals surface area (Å²) in [5, 5.41) is 0. The van der Waals surface area contributed by atoms with Gasteiger partial charge in [0.2, 0.25) is 10.0 Å². The molecule has 0 unspecified atom stereocenters. The second-order valence-corrected chi connectivity index (χ2v) is 6.51. The Kier molecular flexibility index (Phi) is 6.48. The van der Waals surface area contributed by atoms with Gasteiger partial charge in [0.25, 0.3) is 0 Å². The minimum atomic E-state index is -3.56. The SMILES string of the molecule is CCCOc1ccc(N(CC(=O)OC)S(=O)(=O)CC)cc1. The molecule has 7 heteroatoms. The zero-order valence-corrected chi connectivity index (χ0v) is 13.4. The van der Waals surface area contributed by atoms with E-state index in [1.165, 1.54) is 14.0 Å². The third-order valence-corrected chi connectivity index (χ3v) is 4.54. The van der Waals surface area contributed by atoms with Crippen LogP contribution >= 0.6 is 0 Å². The lowest BCUT2D eigenvalue weighted by Crippen LogP contribution is -2.37. The van der Waals surface area contributed by atoms with E-state index in [9.17, 15) is 13.2 Å². The highest BCUT2D eigenvalue weighted by molar-refractivity contribution is 7.92. The lowest BCUT2D eigenvalue weighted by Gasteiger charge is -2.22. The lowest BCUT2D eigenvalue weighted by atomic mass is 10.3. The zero-order valence-electron chi connectivity index (χ0n) is 12.5. The smallest absolute Gasteiger partial charge is 0.326 e. The predicted octanol–water partition coefficient (Wildman–Crippen LogP) is 1.80. The van der Waals surface area contributed by atoms with Gasteiger partial charge >= 0.3 is 5.97 Å². The summed E-state index contributed by atoms with van der Waals surface area (Å²) in [5.41, 5.74) is 0.408. The molecule has 0 radical (unpaired) electrons. The summed E-state index contributed by atoms with van der Waals surface area (Å²) in [6.45, 7) is 3.78. The van der Waals surface area contributed by atoms with Crippen molar-refractivity contribution in [1.29, 1.82) is 0 Å². The van der Waals surface area contributed by atoms with Gasteiger partial charge in [-0.2, -0.15) is 0 Å². The number of esters is 1. The molecule has 0 aromatic heterocycles. The van der Waals surface area contributed by atoms with Crippen LogP contribution in [0.15, 0.2) is 24.3 Å². The Bertz CT molecular complexity index is 553. The van der Waals surface area contributed by atoms with Crippen molar-refractivity contribution in [2.45, 2.75) is 20.3 Å². The molecule has 0 spiro atoms. The van der Waals surface area contributed by atoms with Gasteiger partial charge in [-0.05, 0) is 37.6 Å². The summed E-state index contributed by atoms with van der Waals surface area (Å²) in [6, 6.07) is 6.59. The quantitative estimate of drug-likeness (QED) is 0.684. The number of rotatable bonds is 8. The summed E-state index contributed by atoms with van der Waals surface area (Å²) < 4.78 is 35.2. The van der Waals surface area contributed by atoms with E-state index < -0.39 is 16.0 Å². The van der Waals surface area contributed by atoms with Crippen molar-refractivity contribution >= 4 is 21.7 Å². The third kappa shape index (κ3) is 4.93. The van der Waals surface area contributed by atoms with Crippen LogP contribution in [0.5, 0.6) is 5.75 Å². The minimum absolute atomic E-state index is 0.0991. The van der Waals surface area contributed by atoms with Gasteiger partial charge < -0.3 is 9.47 Å². The normalized spacial score (nSPS) is 11.0. The molecule has 0 aliphatic heterocycles. The van der Waals surface area contributed by atoms with E-state index in [1.807, 2.05) is 6.92 Å². The number of sulfonamides is 1. The first-order valence-corrected chi connectivity index (χ1v) is 8.35. The van der Waals surface area contributed by atoms with Gasteiger partial charge in [-0.3, -0.25) is 9.10 Å². The lowest BCUT2D eigenvalue weighted by molar-refractivity contribution is -0.138. The van der Waals surface area contributed by atoms with E-state index in [1.54, 1.807) is 24.3 Å². The van der Waals surface area contributed by atoms with E-state index >= 15 is 0 Å². The first-order chi connectivity index (χ1) is 9.94. The topological polar surface area (TPSA) is 72.9 Å². The van der Waals surface area contributed by atoms with Crippen LogP contribution in [0.25, 0.3) is 0 Å². The Balaban J connectivity index is 3.00. The number of benzene rings is 1. The Labute approximate surface area is 125 Å². The number of carbonyl (C=O) groups excluding carboxylic acids is 1. The third-order valence-electron chi connectivity index (χ3n) is 2.80. The maximum absolute atomic E-state index is 12.1. The summed E-state index contributed by atoms with van der Waals surface area (Å²) in [4.78, 5) is 11.4. The molecule has 0 fully saturated rings. The molecule has 0 aliphatic rings. The Morgan fingerprint density at radius 3 is 2.29 bits per heavy atom. The average Bonchev–Trinajstić information content (AvgIpc) is 2.50.